The van der Waals surface area contributed by atoms with Crippen molar-refractivity contribution in [2.75, 3.05) is 11.9 Å². The maximum Gasteiger partial charge on any atom is 0.416 e. The molecule has 10 heteroatoms. The molecule has 0 saturated carbocycles. The van der Waals surface area contributed by atoms with E-state index in [1.807, 2.05) is 0 Å². The van der Waals surface area contributed by atoms with Crippen LogP contribution in [0.3, 0.4) is 0 Å². The van der Waals surface area contributed by atoms with E-state index >= 15 is 0 Å². The second-order valence-electron chi connectivity index (χ2n) is 6.48. The van der Waals surface area contributed by atoms with Gasteiger partial charge in [0.1, 0.15) is 11.9 Å². The molecule has 0 unspecified atom stereocenters. The van der Waals surface area contributed by atoms with E-state index in [2.05, 4.69) is 15.5 Å². The maximum absolute atomic E-state index is 13.5. The van der Waals surface area contributed by atoms with Crippen LogP contribution in [0.5, 0.6) is 0 Å². The third-order valence-corrected chi connectivity index (χ3v) is 5.38. The molecule has 3 aromatic rings. The van der Waals surface area contributed by atoms with Gasteiger partial charge in [0.15, 0.2) is 13.1 Å². The highest BCUT2D eigenvalue weighted by atomic mass is 32.1. The van der Waals surface area contributed by atoms with E-state index in [0.29, 0.717) is 29.2 Å². The van der Waals surface area contributed by atoms with E-state index in [4.69, 9.17) is 13.2 Å². The van der Waals surface area contributed by atoms with Crippen LogP contribution < -0.4 is 10.5 Å². The molecule has 4 nitrogen and oxygen atoms in total. The summed E-state index contributed by atoms with van der Waals surface area (Å²) in [7, 11) is 5.57. The quantitative estimate of drug-likeness (QED) is 0.427. The van der Waals surface area contributed by atoms with Crippen molar-refractivity contribution in [1.82, 2.24) is 10.2 Å². The molecule has 0 spiro atoms. The Morgan fingerprint density at radius 3 is 2.53 bits per heavy atom. The lowest BCUT2D eigenvalue weighted by atomic mass is 10.0. The second kappa shape index (κ2) is 9.28. The summed E-state index contributed by atoms with van der Waals surface area (Å²) in [5.41, 5.74) is 0.649. The van der Waals surface area contributed by atoms with Crippen LogP contribution in [-0.2, 0) is 12.6 Å². The largest absolute Gasteiger partial charge is 0.416 e. The number of hydrogen-bond donors (Lipinski definition) is 2. The predicted octanol–water partition coefficient (Wildman–Crippen LogP) is 4.54. The van der Waals surface area contributed by atoms with Crippen LogP contribution in [0.2, 0.25) is 0 Å². The van der Waals surface area contributed by atoms with E-state index in [0.717, 1.165) is 17.0 Å². The van der Waals surface area contributed by atoms with Crippen LogP contribution in [-0.4, -0.2) is 25.6 Å². The number of alkyl halides is 3. The summed E-state index contributed by atoms with van der Waals surface area (Å²) < 4.78 is 51.5. The molecule has 0 saturated heterocycles. The van der Waals surface area contributed by atoms with Gasteiger partial charge in [0.05, 0.1) is 16.0 Å². The van der Waals surface area contributed by atoms with Gasteiger partial charge in [-0.3, -0.25) is 0 Å². The van der Waals surface area contributed by atoms with E-state index < -0.39 is 17.6 Å². The lowest BCUT2D eigenvalue weighted by Gasteiger charge is -2.17. The fourth-order valence-electron chi connectivity index (χ4n) is 2.77. The van der Waals surface area contributed by atoms with Crippen LogP contribution in [0.4, 0.5) is 22.7 Å². The minimum absolute atomic E-state index is 0.0423. The topological polar surface area (TPSA) is 60.7 Å². The van der Waals surface area contributed by atoms with E-state index in [1.165, 1.54) is 35.6 Å². The number of rotatable bonds is 7. The van der Waals surface area contributed by atoms with Crippen LogP contribution in [0, 0.1) is 17.1 Å². The first-order valence-corrected chi connectivity index (χ1v) is 9.64. The number of anilines is 1. The summed E-state index contributed by atoms with van der Waals surface area (Å²) in [6.45, 7) is 0.386. The van der Waals surface area contributed by atoms with Gasteiger partial charge in [-0.2, -0.15) is 18.4 Å². The van der Waals surface area contributed by atoms with Crippen molar-refractivity contribution in [2.24, 2.45) is 0 Å². The standard InChI is InChI=1S/C20H15BF4N4S/c21-29-16(7-12-1-4-15(5-2-12)20(23,24)25)10-27-19-28-11-18(30-19)13-3-6-17(22)14(8-13)9-26/h1-6,8,11,16,29H,7,10H2,(H,27,28)/t16-/m0/s1. The van der Waals surface area contributed by atoms with Gasteiger partial charge < -0.3 is 10.5 Å². The molecule has 0 bridgehead atoms. The highest BCUT2D eigenvalue weighted by Crippen LogP contribution is 2.31. The van der Waals surface area contributed by atoms with E-state index in [1.54, 1.807) is 18.3 Å². The molecule has 1 heterocycles. The molecule has 152 valence electrons. The van der Waals surface area contributed by atoms with Gasteiger partial charge in [-0.25, -0.2) is 9.37 Å². The van der Waals surface area contributed by atoms with Crippen molar-refractivity contribution in [3.05, 3.63) is 71.2 Å². The van der Waals surface area contributed by atoms with Crippen LogP contribution >= 0.6 is 11.3 Å². The first-order valence-electron chi connectivity index (χ1n) is 8.82. The molecule has 0 amide bonds. The van der Waals surface area contributed by atoms with Crippen molar-refractivity contribution in [3.8, 4) is 16.5 Å². The van der Waals surface area contributed by atoms with Gasteiger partial charge in [0.2, 0.25) is 0 Å². The number of nitriles is 1. The van der Waals surface area contributed by atoms with Gasteiger partial charge >= 0.3 is 6.18 Å². The molecule has 2 N–H and O–H groups in total. The molecule has 0 aliphatic rings. The van der Waals surface area contributed by atoms with Gasteiger partial charge in [-0.1, -0.05) is 29.5 Å². The Morgan fingerprint density at radius 2 is 1.90 bits per heavy atom. The highest BCUT2D eigenvalue weighted by molar-refractivity contribution is 7.18. The molecule has 2 radical (unpaired) electrons. The van der Waals surface area contributed by atoms with Crippen molar-refractivity contribution in [1.29, 1.82) is 5.26 Å². The summed E-state index contributed by atoms with van der Waals surface area (Å²) in [5, 5.41) is 15.3. The van der Waals surface area contributed by atoms with Crippen LogP contribution in [0.25, 0.3) is 10.4 Å². The molecule has 3 rings (SSSR count). The van der Waals surface area contributed by atoms with Crippen molar-refractivity contribution in [2.45, 2.75) is 18.6 Å². The molecular formula is C20H15BF4N4S. The fraction of sp³-hybridized carbons (Fsp3) is 0.200. The number of thiazole rings is 1. The third kappa shape index (κ3) is 5.37. The smallest absolute Gasteiger partial charge is 0.362 e. The minimum Gasteiger partial charge on any atom is -0.362 e. The predicted molar refractivity (Wildman–Crippen MR) is 109 cm³/mol. The molecule has 2 aromatic carbocycles. The average molecular weight is 430 g/mol. The number of nitrogens with one attached hydrogen (secondary N) is 2. The zero-order valence-electron chi connectivity index (χ0n) is 15.5. The van der Waals surface area contributed by atoms with Gasteiger partial charge in [0.25, 0.3) is 0 Å². The monoisotopic (exact) mass is 430 g/mol. The summed E-state index contributed by atoms with van der Waals surface area (Å²) in [6.07, 6.45) is -2.34. The maximum atomic E-state index is 13.5. The van der Waals surface area contributed by atoms with Gasteiger partial charge in [0, 0.05) is 18.8 Å². The first-order chi connectivity index (χ1) is 14.3. The lowest BCUT2D eigenvalue weighted by molar-refractivity contribution is -0.137. The van der Waals surface area contributed by atoms with Gasteiger partial charge in [-0.15, -0.1) is 0 Å². The Morgan fingerprint density at radius 1 is 1.17 bits per heavy atom. The average Bonchev–Trinajstić information content (AvgIpc) is 3.20. The third-order valence-electron chi connectivity index (χ3n) is 4.38. The number of benzene rings is 2. The summed E-state index contributed by atoms with van der Waals surface area (Å²) in [4.78, 5) is 5.02. The number of hydrogen-bond acceptors (Lipinski definition) is 5. The summed E-state index contributed by atoms with van der Waals surface area (Å²) >= 11 is 1.33. The van der Waals surface area contributed by atoms with E-state index in [9.17, 15) is 17.6 Å². The van der Waals surface area contributed by atoms with Crippen molar-refractivity contribution < 1.29 is 17.6 Å². The Kier molecular flexibility index (Phi) is 6.75. The molecule has 0 fully saturated rings. The minimum atomic E-state index is -4.37. The van der Waals surface area contributed by atoms with Crippen molar-refractivity contribution in [3.63, 3.8) is 0 Å². The summed E-state index contributed by atoms with van der Waals surface area (Å²) in [6, 6.07) is 10.8. The summed E-state index contributed by atoms with van der Waals surface area (Å²) in [5.74, 6) is -0.579. The number of nitrogens with zero attached hydrogens (tertiary/aromatic N) is 2. The molecule has 1 atom stereocenters. The zero-order chi connectivity index (χ0) is 21.7. The Balaban J connectivity index is 1.61. The normalized spacial score (nSPS) is 12.4. The second-order valence-corrected chi connectivity index (χ2v) is 7.51. The molecular weight excluding hydrogens is 415 g/mol. The van der Waals surface area contributed by atoms with E-state index in [-0.39, 0.29) is 11.6 Å². The number of halogens is 4. The van der Waals surface area contributed by atoms with Crippen molar-refractivity contribution >= 4 is 24.4 Å². The molecule has 0 aliphatic carbocycles. The first kappa shape index (κ1) is 21.8. The van der Waals surface area contributed by atoms with Crippen LogP contribution in [0.1, 0.15) is 16.7 Å². The Hall–Kier alpha value is -2.90. The Bertz CT molecular complexity index is 1040. The molecule has 1 aromatic heterocycles. The lowest BCUT2D eigenvalue weighted by Crippen LogP contribution is -2.35. The zero-order valence-corrected chi connectivity index (χ0v) is 16.3. The SMILES string of the molecule is [B]N[C@H](CNc1ncc(-c2ccc(F)c(C#N)c2)s1)Cc1ccc(C(F)(F)F)cc1. The number of aromatic nitrogens is 1. The fourth-order valence-corrected chi connectivity index (χ4v) is 3.59. The highest BCUT2D eigenvalue weighted by Gasteiger charge is 2.30. The molecule has 0 aliphatic heterocycles. The Labute approximate surface area is 176 Å². The molecule has 30 heavy (non-hydrogen) atoms. The van der Waals surface area contributed by atoms with Gasteiger partial charge in [-0.05, 0) is 41.8 Å². The van der Waals surface area contributed by atoms with Crippen LogP contribution in [0.15, 0.2) is 48.7 Å².